The molecule has 6 heteroatoms. The molecule has 1 aromatic heterocycles. The van der Waals surface area contributed by atoms with E-state index in [1.165, 1.54) is 25.0 Å². The molecule has 0 amide bonds. The third kappa shape index (κ3) is 4.80. The number of benzene rings is 2. The van der Waals surface area contributed by atoms with Crippen LogP contribution in [0.5, 0.6) is 23.0 Å². The monoisotopic (exact) mass is 436 g/mol. The first-order valence-corrected chi connectivity index (χ1v) is 10.4. The van der Waals surface area contributed by atoms with Gasteiger partial charge >= 0.3 is 0 Å². The topological polar surface area (TPSA) is 100 Å². The molecule has 0 atom stereocenters. The number of phenols is 3. The van der Waals surface area contributed by atoms with Crippen LogP contribution in [-0.4, -0.2) is 22.4 Å². The third-order valence-electron chi connectivity index (χ3n) is 5.34. The van der Waals surface area contributed by atoms with Gasteiger partial charge in [-0.05, 0) is 57.7 Å². The summed E-state index contributed by atoms with van der Waals surface area (Å²) >= 11 is 0. The van der Waals surface area contributed by atoms with Gasteiger partial charge in [-0.25, -0.2) is 0 Å². The lowest BCUT2D eigenvalue weighted by molar-refractivity contribution is 0.373. The molecule has 32 heavy (non-hydrogen) atoms. The van der Waals surface area contributed by atoms with Crippen LogP contribution >= 0.6 is 0 Å². The molecule has 0 saturated heterocycles. The molecule has 0 unspecified atom stereocenters. The number of ether oxygens (including phenoxy) is 1. The van der Waals surface area contributed by atoms with Crippen LogP contribution in [-0.2, 0) is 6.42 Å². The van der Waals surface area contributed by atoms with Gasteiger partial charge < -0.3 is 24.5 Å². The quantitative estimate of drug-likeness (QED) is 0.404. The summed E-state index contributed by atoms with van der Waals surface area (Å²) in [5, 5.41) is 30.9. The van der Waals surface area contributed by atoms with Crippen LogP contribution in [0.2, 0.25) is 0 Å². The van der Waals surface area contributed by atoms with Crippen LogP contribution in [0.15, 0.2) is 63.0 Å². The molecular weight excluding hydrogens is 408 g/mol. The maximum atomic E-state index is 13.2. The maximum Gasteiger partial charge on any atom is 0.204 e. The normalized spacial score (nSPS) is 11.6. The minimum absolute atomic E-state index is 0.0128. The van der Waals surface area contributed by atoms with Gasteiger partial charge in [0.1, 0.15) is 28.7 Å². The molecule has 0 spiro atoms. The lowest BCUT2D eigenvalue weighted by atomic mass is 10.00. The van der Waals surface area contributed by atoms with Gasteiger partial charge in [0.25, 0.3) is 0 Å². The number of fused-ring (bicyclic) bond motifs is 1. The molecule has 0 fully saturated rings. The van der Waals surface area contributed by atoms with Crippen molar-refractivity contribution in [2.45, 2.75) is 40.0 Å². The van der Waals surface area contributed by atoms with E-state index in [9.17, 15) is 20.1 Å². The van der Waals surface area contributed by atoms with Crippen LogP contribution < -0.4 is 10.2 Å². The van der Waals surface area contributed by atoms with Gasteiger partial charge in [-0.2, -0.15) is 0 Å². The average molecular weight is 437 g/mol. The van der Waals surface area contributed by atoms with Crippen LogP contribution in [0.1, 0.15) is 39.2 Å². The Morgan fingerprint density at radius 1 is 1.03 bits per heavy atom. The molecule has 3 rings (SSSR count). The Morgan fingerprint density at radius 3 is 2.44 bits per heavy atom. The fraction of sp³-hybridized carbons (Fsp3) is 0.269. The number of phenolic OH excluding ortho intramolecular Hbond substituents is 3. The minimum atomic E-state index is -0.459. The molecule has 3 aromatic rings. The highest BCUT2D eigenvalue weighted by atomic mass is 16.5. The van der Waals surface area contributed by atoms with Gasteiger partial charge in [-0.1, -0.05) is 29.4 Å². The van der Waals surface area contributed by atoms with Crippen LogP contribution in [0.4, 0.5) is 0 Å². The van der Waals surface area contributed by atoms with E-state index in [4.69, 9.17) is 9.15 Å². The van der Waals surface area contributed by atoms with E-state index in [1.807, 2.05) is 13.0 Å². The lowest BCUT2D eigenvalue weighted by Gasteiger charge is -2.11. The standard InChI is InChI=1S/C26H28O6/c1-15(2)6-5-7-16(3)8-10-18-20(27)13-22(29)24-25(30)19(14-32-26(18)24)17-9-11-23(31-4)21(28)12-17/h6,8-9,11-14,27-29H,5,7,10H2,1-4H3/b16-8+. The van der Waals surface area contributed by atoms with E-state index in [-0.39, 0.29) is 39.5 Å². The fourth-order valence-corrected chi connectivity index (χ4v) is 3.55. The summed E-state index contributed by atoms with van der Waals surface area (Å²) in [5.74, 6) is -0.338. The van der Waals surface area contributed by atoms with Crippen molar-refractivity contribution in [2.75, 3.05) is 7.11 Å². The molecule has 0 saturated carbocycles. The van der Waals surface area contributed by atoms with Gasteiger partial charge in [0.15, 0.2) is 11.5 Å². The number of hydrogen-bond acceptors (Lipinski definition) is 6. The number of hydrogen-bond donors (Lipinski definition) is 3. The molecule has 6 nitrogen and oxygen atoms in total. The van der Waals surface area contributed by atoms with Crippen molar-refractivity contribution in [2.24, 2.45) is 0 Å². The largest absolute Gasteiger partial charge is 0.507 e. The molecular formula is C26H28O6. The predicted octanol–water partition coefficient (Wildman–Crippen LogP) is 5.82. The van der Waals surface area contributed by atoms with Gasteiger partial charge in [-0.3, -0.25) is 4.79 Å². The van der Waals surface area contributed by atoms with E-state index in [1.54, 1.807) is 12.1 Å². The second-order valence-electron chi connectivity index (χ2n) is 8.04. The number of allylic oxidation sites excluding steroid dienone is 4. The van der Waals surface area contributed by atoms with Gasteiger partial charge in [0.2, 0.25) is 5.43 Å². The Labute approximate surface area is 186 Å². The number of methoxy groups -OCH3 is 1. The maximum absolute atomic E-state index is 13.2. The summed E-state index contributed by atoms with van der Waals surface area (Å²) in [7, 11) is 1.43. The SMILES string of the molecule is COc1ccc(-c2coc3c(C/C=C(\C)CCC=C(C)C)c(O)cc(O)c3c2=O)cc1O. The molecule has 2 aromatic carbocycles. The summed E-state index contributed by atoms with van der Waals surface area (Å²) in [6, 6.07) is 5.72. The Balaban J connectivity index is 2.04. The van der Waals surface area contributed by atoms with Crippen LogP contribution in [0, 0.1) is 0 Å². The second-order valence-corrected chi connectivity index (χ2v) is 8.04. The van der Waals surface area contributed by atoms with Crippen LogP contribution in [0.3, 0.4) is 0 Å². The van der Waals surface area contributed by atoms with E-state index >= 15 is 0 Å². The first kappa shape index (κ1) is 23.0. The van der Waals surface area contributed by atoms with Gasteiger partial charge in [-0.15, -0.1) is 0 Å². The Kier molecular flexibility index (Phi) is 6.93. The van der Waals surface area contributed by atoms with Gasteiger partial charge in [0, 0.05) is 11.6 Å². The third-order valence-corrected chi connectivity index (χ3v) is 5.34. The first-order chi connectivity index (χ1) is 15.2. The Hall–Kier alpha value is -3.67. The van der Waals surface area contributed by atoms with Gasteiger partial charge in [0.05, 0.1) is 12.7 Å². The summed E-state index contributed by atoms with van der Waals surface area (Å²) < 4.78 is 10.8. The zero-order valence-corrected chi connectivity index (χ0v) is 18.7. The van der Waals surface area contributed by atoms with E-state index in [0.717, 1.165) is 24.5 Å². The van der Waals surface area contributed by atoms with Crippen molar-refractivity contribution in [3.63, 3.8) is 0 Å². The molecule has 1 heterocycles. The predicted molar refractivity (Wildman–Crippen MR) is 126 cm³/mol. The highest BCUT2D eigenvalue weighted by Crippen LogP contribution is 2.36. The Bertz CT molecular complexity index is 1260. The molecule has 168 valence electrons. The van der Waals surface area contributed by atoms with Crippen molar-refractivity contribution in [1.29, 1.82) is 0 Å². The van der Waals surface area contributed by atoms with Crippen molar-refractivity contribution < 1.29 is 24.5 Å². The highest BCUT2D eigenvalue weighted by Gasteiger charge is 2.19. The lowest BCUT2D eigenvalue weighted by Crippen LogP contribution is -2.06. The zero-order chi connectivity index (χ0) is 23.4. The number of aromatic hydroxyl groups is 3. The summed E-state index contributed by atoms with van der Waals surface area (Å²) in [6.45, 7) is 6.13. The van der Waals surface area contributed by atoms with E-state index in [2.05, 4.69) is 19.9 Å². The minimum Gasteiger partial charge on any atom is -0.507 e. The molecule has 0 aliphatic heterocycles. The fourth-order valence-electron chi connectivity index (χ4n) is 3.55. The molecule has 0 aliphatic rings. The number of rotatable bonds is 7. The summed E-state index contributed by atoms with van der Waals surface area (Å²) in [5.41, 5.74) is 3.12. The van der Waals surface area contributed by atoms with Crippen molar-refractivity contribution >= 4 is 11.0 Å². The van der Waals surface area contributed by atoms with Crippen molar-refractivity contribution in [3.8, 4) is 34.1 Å². The smallest absolute Gasteiger partial charge is 0.204 e. The van der Waals surface area contributed by atoms with E-state index < -0.39 is 5.43 Å². The summed E-state index contributed by atoms with van der Waals surface area (Å²) in [4.78, 5) is 13.2. The van der Waals surface area contributed by atoms with Crippen LogP contribution in [0.25, 0.3) is 22.1 Å². The highest BCUT2D eigenvalue weighted by molar-refractivity contribution is 5.91. The molecule has 0 radical (unpaired) electrons. The zero-order valence-electron chi connectivity index (χ0n) is 18.7. The Morgan fingerprint density at radius 2 is 1.78 bits per heavy atom. The molecule has 0 aliphatic carbocycles. The van der Waals surface area contributed by atoms with Crippen molar-refractivity contribution in [3.05, 3.63) is 69.6 Å². The summed E-state index contributed by atoms with van der Waals surface area (Å²) in [6.07, 6.45) is 7.60. The second kappa shape index (κ2) is 9.64. The van der Waals surface area contributed by atoms with Crippen molar-refractivity contribution in [1.82, 2.24) is 0 Å². The molecule has 3 N–H and O–H groups in total. The van der Waals surface area contributed by atoms with E-state index in [0.29, 0.717) is 17.5 Å². The molecule has 0 bridgehead atoms. The average Bonchev–Trinajstić information content (AvgIpc) is 2.73. The first-order valence-electron chi connectivity index (χ1n) is 10.4.